The number of hydrogen-bond acceptors (Lipinski definition) is 2. The molecule has 0 unspecified atom stereocenters. The van der Waals surface area contributed by atoms with Gasteiger partial charge in [0.1, 0.15) is 12.4 Å². The van der Waals surface area contributed by atoms with E-state index in [1.165, 1.54) is 0 Å². The summed E-state index contributed by atoms with van der Waals surface area (Å²) < 4.78 is 2.10. The zero-order valence-corrected chi connectivity index (χ0v) is 16.8. The van der Waals surface area contributed by atoms with Crippen LogP contribution in [0, 0.1) is 11.8 Å². The molecule has 0 radical (unpaired) electrons. The van der Waals surface area contributed by atoms with Crippen molar-refractivity contribution in [3.05, 3.63) is 30.1 Å². The normalized spacial score (nSPS) is 12.4. The van der Waals surface area contributed by atoms with E-state index in [0.29, 0.717) is 18.4 Å². The number of fused-ring (bicyclic) bond motifs is 1. The van der Waals surface area contributed by atoms with Crippen LogP contribution in [0.25, 0.3) is 11.0 Å². The van der Waals surface area contributed by atoms with Gasteiger partial charge in [-0.05, 0) is 24.0 Å². The van der Waals surface area contributed by atoms with Crippen molar-refractivity contribution < 1.29 is 4.79 Å². The topological polar surface area (TPSA) is 38.1 Å². The van der Waals surface area contributed by atoms with Gasteiger partial charge >= 0.3 is 0 Å². The highest BCUT2D eigenvalue weighted by Crippen LogP contribution is 2.26. The number of imidazole rings is 1. The number of carbonyl (C=O) groups excluding carboxylic acids is 1. The van der Waals surface area contributed by atoms with Crippen molar-refractivity contribution in [1.82, 2.24) is 14.5 Å². The first-order valence-electron chi connectivity index (χ1n) is 9.33. The first-order valence-corrected chi connectivity index (χ1v) is 9.33. The first kappa shape index (κ1) is 19.5. The van der Waals surface area contributed by atoms with E-state index in [2.05, 4.69) is 59.1 Å². The van der Waals surface area contributed by atoms with Crippen LogP contribution in [0.1, 0.15) is 54.3 Å². The fourth-order valence-corrected chi connectivity index (χ4v) is 3.20. The molecule has 1 amide bonds. The van der Waals surface area contributed by atoms with E-state index in [9.17, 15) is 4.79 Å². The van der Waals surface area contributed by atoms with E-state index in [4.69, 9.17) is 4.98 Å². The van der Waals surface area contributed by atoms with Crippen LogP contribution in [-0.2, 0) is 16.8 Å². The van der Waals surface area contributed by atoms with Gasteiger partial charge in [-0.3, -0.25) is 4.79 Å². The Labute approximate surface area is 152 Å². The molecule has 1 aromatic carbocycles. The zero-order chi connectivity index (χ0) is 18.8. The van der Waals surface area contributed by atoms with Crippen molar-refractivity contribution in [2.75, 3.05) is 13.1 Å². The lowest BCUT2D eigenvalue weighted by molar-refractivity contribution is -0.132. The Morgan fingerprint density at radius 3 is 2.16 bits per heavy atom. The Bertz CT molecular complexity index is 712. The lowest BCUT2D eigenvalue weighted by atomic mass is 9.95. The molecule has 25 heavy (non-hydrogen) atoms. The number of aromatic nitrogens is 2. The maximum Gasteiger partial charge on any atom is 0.242 e. The van der Waals surface area contributed by atoms with Gasteiger partial charge in [0.25, 0.3) is 0 Å². The predicted molar refractivity (Wildman–Crippen MR) is 105 cm³/mol. The molecule has 138 valence electrons. The molecule has 0 atom stereocenters. The van der Waals surface area contributed by atoms with E-state index in [0.717, 1.165) is 29.9 Å². The number of carbonyl (C=O) groups is 1. The van der Waals surface area contributed by atoms with Crippen LogP contribution < -0.4 is 0 Å². The first-order chi connectivity index (χ1) is 11.6. The summed E-state index contributed by atoms with van der Waals surface area (Å²) in [7, 11) is 0. The molecule has 4 nitrogen and oxygen atoms in total. The van der Waals surface area contributed by atoms with Crippen LogP contribution in [-0.4, -0.2) is 33.4 Å². The molecular formula is C21H33N3O. The fourth-order valence-electron chi connectivity index (χ4n) is 3.20. The standard InChI is InChI=1S/C21H33N3O/c1-15(2)12-23(13-16(3)4)19(25)14-24-18-11-9-8-10-17(18)22-20(24)21(5,6)7/h8-11,15-16H,12-14H2,1-7H3. The predicted octanol–water partition coefficient (Wildman–Crippen LogP) is 4.47. The van der Waals surface area contributed by atoms with E-state index >= 15 is 0 Å². The molecule has 0 aliphatic carbocycles. The zero-order valence-electron chi connectivity index (χ0n) is 16.8. The van der Waals surface area contributed by atoms with Crippen molar-refractivity contribution in [1.29, 1.82) is 0 Å². The highest BCUT2D eigenvalue weighted by atomic mass is 16.2. The Morgan fingerprint density at radius 2 is 1.64 bits per heavy atom. The minimum absolute atomic E-state index is 0.111. The minimum atomic E-state index is -0.111. The highest BCUT2D eigenvalue weighted by Gasteiger charge is 2.25. The molecule has 0 fully saturated rings. The number of rotatable bonds is 6. The van der Waals surface area contributed by atoms with Gasteiger partial charge in [0.15, 0.2) is 0 Å². The molecule has 2 aromatic rings. The largest absolute Gasteiger partial charge is 0.341 e. The Hall–Kier alpha value is -1.84. The van der Waals surface area contributed by atoms with E-state index in [-0.39, 0.29) is 11.3 Å². The molecule has 0 saturated carbocycles. The molecule has 0 bridgehead atoms. The molecule has 0 aliphatic rings. The second kappa shape index (κ2) is 7.59. The van der Waals surface area contributed by atoms with E-state index < -0.39 is 0 Å². The molecule has 0 spiro atoms. The maximum absolute atomic E-state index is 13.1. The number of amides is 1. The van der Waals surface area contributed by atoms with Gasteiger partial charge < -0.3 is 9.47 Å². The SMILES string of the molecule is CC(C)CN(CC(C)C)C(=O)Cn1c(C(C)(C)C)nc2ccccc21. The number of nitrogens with zero attached hydrogens (tertiary/aromatic N) is 3. The van der Waals surface area contributed by atoms with Crippen molar-refractivity contribution in [2.45, 2.75) is 60.4 Å². The summed E-state index contributed by atoms with van der Waals surface area (Å²) in [6.45, 7) is 17.0. The van der Waals surface area contributed by atoms with Gasteiger partial charge in [-0.25, -0.2) is 4.98 Å². The molecular weight excluding hydrogens is 310 g/mol. The van der Waals surface area contributed by atoms with Gasteiger partial charge in [-0.1, -0.05) is 60.6 Å². The monoisotopic (exact) mass is 343 g/mol. The Kier molecular flexibility index (Phi) is 5.91. The van der Waals surface area contributed by atoms with Crippen LogP contribution >= 0.6 is 0 Å². The van der Waals surface area contributed by atoms with Crippen molar-refractivity contribution in [3.8, 4) is 0 Å². The van der Waals surface area contributed by atoms with Gasteiger partial charge in [0.05, 0.1) is 11.0 Å². The summed E-state index contributed by atoms with van der Waals surface area (Å²) in [4.78, 5) is 19.9. The van der Waals surface area contributed by atoms with Crippen LogP contribution in [0.5, 0.6) is 0 Å². The quantitative estimate of drug-likeness (QED) is 0.776. The van der Waals surface area contributed by atoms with Gasteiger partial charge in [-0.15, -0.1) is 0 Å². The second-order valence-electron chi connectivity index (χ2n) is 8.85. The van der Waals surface area contributed by atoms with Crippen LogP contribution in [0.4, 0.5) is 0 Å². The van der Waals surface area contributed by atoms with Crippen molar-refractivity contribution >= 4 is 16.9 Å². The third-order valence-electron chi connectivity index (χ3n) is 4.14. The molecule has 1 aromatic heterocycles. The minimum Gasteiger partial charge on any atom is -0.341 e. The maximum atomic E-state index is 13.1. The third kappa shape index (κ3) is 4.83. The lowest BCUT2D eigenvalue weighted by Gasteiger charge is -2.28. The van der Waals surface area contributed by atoms with Gasteiger partial charge in [0, 0.05) is 18.5 Å². The highest BCUT2D eigenvalue weighted by molar-refractivity contribution is 5.81. The number of benzene rings is 1. The Balaban J connectivity index is 2.38. The lowest BCUT2D eigenvalue weighted by Crippen LogP contribution is -2.39. The number of hydrogen-bond donors (Lipinski definition) is 0. The van der Waals surface area contributed by atoms with E-state index in [1.54, 1.807) is 0 Å². The van der Waals surface area contributed by atoms with E-state index in [1.807, 2.05) is 23.1 Å². The summed E-state index contributed by atoms with van der Waals surface area (Å²) in [6, 6.07) is 8.08. The van der Waals surface area contributed by atoms with Gasteiger partial charge in [-0.2, -0.15) is 0 Å². The number of para-hydroxylation sites is 2. The average Bonchev–Trinajstić information content (AvgIpc) is 2.84. The van der Waals surface area contributed by atoms with Crippen LogP contribution in [0.15, 0.2) is 24.3 Å². The second-order valence-corrected chi connectivity index (χ2v) is 8.85. The Morgan fingerprint density at radius 1 is 1.08 bits per heavy atom. The molecule has 0 N–H and O–H groups in total. The van der Waals surface area contributed by atoms with Crippen molar-refractivity contribution in [2.24, 2.45) is 11.8 Å². The molecule has 2 rings (SSSR count). The van der Waals surface area contributed by atoms with Crippen molar-refractivity contribution in [3.63, 3.8) is 0 Å². The summed E-state index contributed by atoms with van der Waals surface area (Å²) in [5, 5.41) is 0. The third-order valence-corrected chi connectivity index (χ3v) is 4.14. The smallest absolute Gasteiger partial charge is 0.242 e. The molecule has 4 heteroatoms. The molecule has 1 heterocycles. The van der Waals surface area contributed by atoms with Crippen LogP contribution in [0.2, 0.25) is 0 Å². The fraction of sp³-hybridized carbons (Fsp3) is 0.619. The average molecular weight is 344 g/mol. The van der Waals surface area contributed by atoms with Crippen LogP contribution in [0.3, 0.4) is 0 Å². The molecule has 0 saturated heterocycles. The van der Waals surface area contributed by atoms with Gasteiger partial charge in [0.2, 0.25) is 5.91 Å². The summed E-state index contributed by atoms with van der Waals surface area (Å²) in [6.07, 6.45) is 0. The summed E-state index contributed by atoms with van der Waals surface area (Å²) in [5.74, 6) is 2.07. The molecule has 0 aliphatic heterocycles. The summed E-state index contributed by atoms with van der Waals surface area (Å²) in [5.41, 5.74) is 1.88. The summed E-state index contributed by atoms with van der Waals surface area (Å²) >= 11 is 0.